The van der Waals surface area contributed by atoms with Gasteiger partial charge in [0.2, 0.25) is 53.7 Å². The van der Waals surface area contributed by atoms with Gasteiger partial charge in [-0.1, -0.05) is 93.1 Å². The van der Waals surface area contributed by atoms with Gasteiger partial charge < -0.3 is 57.2 Å². The molecule has 0 aliphatic carbocycles. The van der Waals surface area contributed by atoms with E-state index in [1.807, 2.05) is 72.8 Å². The molecular formula is C58H101N11O10S. The summed E-state index contributed by atoms with van der Waals surface area (Å²) >= 11 is 1.31. The van der Waals surface area contributed by atoms with Crippen LogP contribution in [0.25, 0.3) is 0 Å². The number of thiophene rings is 1. The minimum atomic E-state index is -1.64. The summed E-state index contributed by atoms with van der Waals surface area (Å²) < 4.78 is 0. The number of likely N-dealkylation sites (N-methyl/N-ethyl adjacent to an activating group) is 1. The van der Waals surface area contributed by atoms with E-state index in [4.69, 9.17) is 0 Å². The van der Waals surface area contributed by atoms with Gasteiger partial charge in [0.05, 0.1) is 4.88 Å². The Kier molecular flexibility index (Phi) is 29.4. The average Bonchev–Trinajstić information content (AvgIpc) is 4.07. The molecule has 0 saturated carbocycles. The minimum Gasteiger partial charge on any atom is -0.354 e. The number of nitrogens with one attached hydrogen (secondary N) is 8. The number of hydrogen-bond donors (Lipinski definition) is 8. The highest BCUT2D eigenvalue weighted by molar-refractivity contribution is 7.12. The van der Waals surface area contributed by atoms with E-state index in [9.17, 15) is 47.9 Å². The lowest BCUT2D eigenvalue weighted by Gasteiger charge is -2.38. The van der Waals surface area contributed by atoms with Gasteiger partial charge in [0.1, 0.15) is 46.9 Å². The highest BCUT2D eigenvalue weighted by atomic mass is 32.1. The third kappa shape index (κ3) is 23.8. The quantitative estimate of drug-likeness (QED) is 0.0336. The third-order valence-corrected chi connectivity index (χ3v) is 14.7. The van der Waals surface area contributed by atoms with Crippen LogP contribution in [0, 0.1) is 17.8 Å². The average molecular weight is 1140 g/mol. The molecule has 21 nitrogen and oxygen atoms in total. The van der Waals surface area contributed by atoms with Crippen LogP contribution in [0.15, 0.2) is 17.5 Å². The number of rotatable bonds is 36. The van der Waals surface area contributed by atoms with E-state index in [2.05, 4.69) is 49.5 Å². The number of nitrogens with zero attached hydrogens (tertiary/aromatic N) is 3. The topological polar surface area (TPSA) is 277 Å². The Morgan fingerprint density at radius 1 is 0.662 bits per heavy atom. The first-order valence-corrected chi connectivity index (χ1v) is 29.8. The van der Waals surface area contributed by atoms with Crippen LogP contribution in [0.4, 0.5) is 0 Å². The molecule has 2 heterocycles. The number of amides is 10. The molecule has 0 radical (unpaired) electrons. The summed E-state index contributed by atoms with van der Waals surface area (Å²) in [5, 5.41) is 24.1. The Morgan fingerprint density at radius 2 is 1.18 bits per heavy atom. The van der Waals surface area contributed by atoms with Crippen LogP contribution >= 0.6 is 11.3 Å². The second-order valence-electron chi connectivity index (χ2n) is 24.8. The van der Waals surface area contributed by atoms with Gasteiger partial charge >= 0.3 is 0 Å². The van der Waals surface area contributed by atoms with Crippen LogP contribution in [-0.2, 0) is 43.2 Å². The molecule has 8 N–H and O–H groups in total. The maximum atomic E-state index is 14.6. The second-order valence-corrected chi connectivity index (χ2v) is 25.8. The molecule has 0 bridgehead atoms. The predicted octanol–water partition coefficient (Wildman–Crippen LogP) is 4.74. The molecule has 1 aliphatic rings. The minimum absolute atomic E-state index is 0.0294. The summed E-state index contributed by atoms with van der Waals surface area (Å²) in [4.78, 5) is 143. The Balaban J connectivity index is 2.27. The predicted molar refractivity (Wildman–Crippen MR) is 313 cm³/mol. The molecular weight excluding hydrogens is 1040 g/mol. The van der Waals surface area contributed by atoms with Crippen molar-refractivity contribution in [2.45, 2.75) is 233 Å². The first-order valence-electron chi connectivity index (χ1n) is 28.9. The monoisotopic (exact) mass is 1140 g/mol. The summed E-state index contributed by atoms with van der Waals surface area (Å²) in [6.45, 7) is 25.2. The van der Waals surface area contributed by atoms with Crippen molar-refractivity contribution in [3.05, 3.63) is 22.4 Å². The van der Waals surface area contributed by atoms with Crippen LogP contribution in [0.5, 0.6) is 0 Å². The molecule has 454 valence electrons. The first-order chi connectivity index (χ1) is 37.3. The molecule has 6 atom stereocenters. The van der Waals surface area contributed by atoms with E-state index in [-0.39, 0.29) is 67.8 Å². The van der Waals surface area contributed by atoms with Crippen LogP contribution in [-0.4, -0.2) is 161 Å². The fourth-order valence-electron chi connectivity index (χ4n) is 9.56. The number of unbranched alkanes of at least 4 members (excludes halogenated alkanes) is 5. The fourth-order valence-corrected chi connectivity index (χ4v) is 10.2. The van der Waals surface area contributed by atoms with Crippen LogP contribution in [0.1, 0.15) is 190 Å². The van der Waals surface area contributed by atoms with Gasteiger partial charge in [0.15, 0.2) is 0 Å². The highest BCUT2D eigenvalue weighted by Gasteiger charge is 2.42. The van der Waals surface area contributed by atoms with Crippen molar-refractivity contribution in [1.29, 1.82) is 0 Å². The fraction of sp³-hybridized carbons (Fsp3) is 0.759. The van der Waals surface area contributed by atoms with Crippen molar-refractivity contribution in [2.24, 2.45) is 17.8 Å². The zero-order valence-corrected chi connectivity index (χ0v) is 52.0. The van der Waals surface area contributed by atoms with E-state index in [1.54, 1.807) is 17.0 Å². The molecule has 1 aromatic heterocycles. The lowest BCUT2D eigenvalue weighted by Crippen LogP contribution is -2.65. The maximum Gasteiger partial charge on any atom is 0.265 e. The number of likely N-dealkylation sites (tertiary alicyclic amines) is 1. The second kappa shape index (κ2) is 33.3. The van der Waals surface area contributed by atoms with E-state index >= 15 is 0 Å². The Labute approximate surface area is 481 Å². The number of carbonyl (C=O) groups excluding carboxylic acids is 10. The van der Waals surface area contributed by atoms with Crippen molar-refractivity contribution in [3.8, 4) is 0 Å². The summed E-state index contributed by atoms with van der Waals surface area (Å²) in [5.41, 5.74) is -4.66. The first kappa shape index (κ1) is 70.5. The van der Waals surface area contributed by atoms with E-state index in [0.717, 1.165) is 32.1 Å². The summed E-state index contributed by atoms with van der Waals surface area (Å²) in [6, 6.07) is -1.02. The molecule has 0 unspecified atom stereocenters. The molecule has 1 aliphatic heterocycles. The normalized spacial score (nSPS) is 15.8. The van der Waals surface area contributed by atoms with E-state index in [0.29, 0.717) is 50.1 Å². The highest BCUT2D eigenvalue weighted by Crippen LogP contribution is 2.28. The molecule has 80 heavy (non-hydrogen) atoms. The number of carbonyl (C=O) groups is 10. The number of hydrogen-bond acceptors (Lipinski definition) is 12. The Hall–Kier alpha value is -5.64. The largest absolute Gasteiger partial charge is 0.354 e. The van der Waals surface area contributed by atoms with Crippen LogP contribution in [0.2, 0.25) is 0 Å². The Bertz CT molecular complexity index is 2200. The molecule has 1 saturated heterocycles. The van der Waals surface area contributed by atoms with Gasteiger partial charge in [-0.2, -0.15) is 0 Å². The van der Waals surface area contributed by atoms with E-state index < -0.39 is 88.3 Å². The Morgan fingerprint density at radius 3 is 1.69 bits per heavy atom. The molecule has 0 aromatic carbocycles. The van der Waals surface area contributed by atoms with Crippen molar-refractivity contribution in [2.75, 3.05) is 33.7 Å². The molecule has 0 spiro atoms. The van der Waals surface area contributed by atoms with Gasteiger partial charge in [-0.05, 0) is 130 Å². The molecule has 1 fully saturated rings. The van der Waals surface area contributed by atoms with Crippen molar-refractivity contribution >= 4 is 70.9 Å². The van der Waals surface area contributed by atoms with Crippen molar-refractivity contribution < 1.29 is 47.9 Å². The van der Waals surface area contributed by atoms with Gasteiger partial charge in [-0.25, -0.2) is 0 Å². The standard InChI is InChI=1S/C58H101N11O10S/c1-17-18-19-20-21-22-25-44(69(36-70)47-27-23-30-68(47)52(76)45-26-24-31-80-45)51(75)62-43(34-39(6)7)50(74)64-57(11,12)54(78)63-41(32-37(2)3)48(72)61-42(33-38(4)5)49(73)65-58(13,14)55(79)66-56(9,10)53(77)59-29-28-46(71)60-40(8)35-67(15)16/h24,26,31,36-44,47H,17-23,25,27-30,32-35H2,1-16H3,(H,59,77)(H,60,71)(H,61,72)(H,62,75)(H,63,78)(H,64,74)(H,65,73)(H,66,79)/t40-,41-,42-,43-,44-,47+/m0/s1. The van der Waals surface area contributed by atoms with Gasteiger partial charge in [-0.15, -0.1) is 11.3 Å². The van der Waals surface area contributed by atoms with Gasteiger partial charge in [0, 0.05) is 32.1 Å². The zero-order chi connectivity index (χ0) is 60.7. The molecule has 2 rings (SSSR count). The molecule has 1 aromatic rings. The van der Waals surface area contributed by atoms with Gasteiger partial charge in [0.25, 0.3) is 5.91 Å². The van der Waals surface area contributed by atoms with Crippen LogP contribution < -0.4 is 42.5 Å². The maximum absolute atomic E-state index is 14.6. The zero-order valence-electron chi connectivity index (χ0n) is 51.2. The smallest absolute Gasteiger partial charge is 0.265 e. The van der Waals surface area contributed by atoms with Gasteiger partial charge in [-0.3, -0.25) is 47.9 Å². The third-order valence-electron chi connectivity index (χ3n) is 13.9. The summed E-state index contributed by atoms with van der Waals surface area (Å²) in [7, 11) is 3.80. The summed E-state index contributed by atoms with van der Waals surface area (Å²) in [6.07, 6.45) is 7.57. The molecule has 10 amide bonds. The molecule has 22 heteroatoms. The van der Waals surface area contributed by atoms with Crippen molar-refractivity contribution in [1.82, 2.24) is 57.2 Å². The van der Waals surface area contributed by atoms with Crippen molar-refractivity contribution in [3.63, 3.8) is 0 Å². The van der Waals surface area contributed by atoms with E-state index in [1.165, 1.54) is 57.8 Å². The van der Waals surface area contributed by atoms with Crippen LogP contribution in [0.3, 0.4) is 0 Å². The SMILES string of the molecule is CCCCCCCC[C@@H](C(=O)N[C@@H](CC(C)C)C(=O)NC(C)(C)C(=O)N[C@@H](CC(C)C)C(=O)N[C@@H](CC(C)C)C(=O)NC(C)(C)C(=O)NC(C)(C)C(=O)NCCC(=O)N[C@@H](C)CN(C)C)N(C=O)[C@@H]1CCCN1C(=O)c1cccs1. The lowest BCUT2D eigenvalue weighted by atomic mass is 9.96. The summed E-state index contributed by atoms with van der Waals surface area (Å²) in [5.74, 6) is -5.27. The lowest BCUT2D eigenvalue weighted by molar-refractivity contribution is -0.140.